The van der Waals surface area contributed by atoms with Gasteiger partial charge in [-0.05, 0) is 40.1 Å². The molecule has 0 aliphatic heterocycles. The lowest BCUT2D eigenvalue weighted by atomic mass is 10.0. The van der Waals surface area contributed by atoms with Crippen molar-refractivity contribution in [2.24, 2.45) is 5.73 Å². The maximum absolute atomic E-state index is 10.2. The fourth-order valence-electron chi connectivity index (χ4n) is 2.25. The predicted molar refractivity (Wildman–Crippen MR) is 89.2 cm³/mol. The van der Waals surface area contributed by atoms with E-state index in [-0.39, 0.29) is 11.8 Å². The van der Waals surface area contributed by atoms with Crippen molar-refractivity contribution in [2.45, 2.75) is 12.6 Å². The minimum absolute atomic E-state index is 0.157. The SMILES string of the molecule is N[C@@H](c1ccsc1)c1ccc(OCc2ccccc2)cc1O. The summed E-state index contributed by atoms with van der Waals surface area (Å²) in [4.78, 5) is 0. The molecule has 0 aliphatic rings. The third-order valence-electron chi connectivity index (χ3n) is 3.49. The fraction of sp³-hybridized carbons (Fsp3) is 0.111. The normalized spacial score (nSPS) is 12.0. The van der Waals surface area contributed by atoms with Crippen LogP contribution in [0.4, 0.5) is 0 Å². The second kappa shape index (κ2) is 6.64. The minimum Gasteiger partial charge on any atom is -0.507 e. The summed E-state index contributed by atoms with van der Waals surface area (Å²) < 4.78 is 5.70. The fourth-order valence-corrected chi connectivity index (χ4v) is 2.95. The van der Waals surface area contributed by atoms with Crippen molar-refractivity contribution in [1.82, 2.24) is 0 Å². The minimum atomic E-state index is -0.325. The first-order valence-corrected chi connectivity index (χ1v) is 7.95. The van der Waals surface area contributed by atoms with Crippen molar-refractivity contribution < 1.29 is 9.84 Å². The summed E-state index contributed by atoms with van der Waals surface area (Å²) >= 11 is 1.59. The van der Waals surface area contributed by atoms with Gasteiger partial charge in [0.25, 0.3) is 0 Å². The quantitative estimate of drug-likeness (QED) is 0.746. The number of aromatic hydroxyl groups is 1. The summed E-state index contributed by atoms with van der Waals surface area (Å²) in [6, 6.07) is 16.8. The Morgan fingerprint density at radius 1 is 1.09 bits per heavy atom. The number of benzene rings is 2. The Morgan fingerprint density at radius 2 is 1.91 bits per heavy atom. The molecule has 3 rings (SSSR count). The monoisotopic (exact) mass is 311 g/mol. The van der Waals surface area contributed by atoms with E-state index in [1.807, 2.05) is 59.3 Å². The summed E-state index contributed by atoms with van der Waals surface area (Å²) in [6.07, 6.45) is 0. The van der Waals surface area contributed by atoms with Gasteiger partial charge in [0.15, 0.2) is 0 Å². The summed E-state index contributed by atoms with van der Waals surface area (Å²) in [5, 5.41) is 14.2. The summed E-state index contributed by atoms with van der Waals surface area (Å²) in [5.74, 6) is 0.784. The summed E-state index contributed by atoms with van der Waals surface area (Å²) in [5.41, 5.74) is 8.96. The van der Waals surface area contributed by atoms with Crippen LogP contribution in [0.25, 0.3) is 0 Å². The third-order valence-corrected chi connectivity index (χ3v) is 4.19. The molecule has 0 fully saturated rings. The first-order valence-electron chi connectivity index (χ1n) is 7.01. The van der Waals surface area contributed by atoms with E-state index in [1.165, 1.54) is 0 Å². The van der Waals surface area contributed by atoms with Gasteiger partial charge in [-0.15, -0.1) is 0 Å². The molecule has 0 amide bonds. The van der Waals surface area contributed by atoms with Crippen molar-refractivity contribution >= 4 is 11.3 Å². The summed E-state index contributed by atoms with van der Waals surface area (Å²) in [6.45, 7) is 0.468. The van der Waals surface area contributed by atoms with Gasteiger partial charge in [-0.1, -0.05) is 30.3 Å². The Labute approximate surface area is 133 Å². The molecule has 0 unspecified atom stereocenters. The molecular weight excluding hydrogens is 294 g/mol. The van der Waals surface area contributed by atoms with Gasteiger partial charge in [0, 0.05) is 11.6 Å². The van der Waals surface area contributed by atoms with Gasteiger partial charge >= 0.3 is 0 Å². The van der Waals surface area contributed by atoms with Crippen molar-refractivity contribution in [3.63, 3.8) is 0 Å². The maximum Gasteiger partial charge on any atom is 0.124 e. The summed E-state index contributed by atoms with van der Waals surface area (Å²) in [7, 11) is 0. The first kappa shape index (κ1) is 14.6. The van der Waals surface area contributed by atoms with Crippen LogP contribution in [0.1, 0.15) is 22.7 Å². The smallest absolute Gasteiger partial charge is 0.124 e. The molecule has 3 N–H and O–H groups in total. The number of hydrogen-bond donors (Lipinski definition) is 2. The number of phenols is 1. The van der Waals surface area contributed by atoms with Crippen LogP contribution in [0.5, 0.6) is 11.5 Å². The number of thiophene rings is 1. The lowest BCUT2D eigenvalue weighted by Crippen LogP contribution is -2.11. The molecule has 4 heteroatoms. The van der Waals surface area contributed by atoms with Crippen LogP contribution in [0, 0.1) is 0 Å². The molecule has 0 saturated carbocycles. The van der Waals surface area contributed by atoms with E-state index in [4.69, 9.17) is 10.5 Å². The van der Waals surface area contributed by atoms with E-state index in [0.717, 1.165) is 11.1 Å². The Hall–Kier alpha value is -2.30. The zero-order valence-electron chi connectivity index (χ0n) is 12.0. The Bertz CT molecular complexity index is 726. The van der Waals surface area contributed by atoms with Crippen LogP contribution in [-0.2, 0) is 6.61 Å². The van der Waals surface area contributed by atoms with Gasteiger partial charge < -0.3 is 15.6 Å². The second-order valence-corrected chi connectivity index (χ2v) is 5.81. The molecule has 2 aromatic carbocycles. The molecule has 0 bridgehead atoms. The lowest BCUT2D eigenvalue weighted by Gasteiger charge is -2.14. The number of rotatable bonds is 5. The van der Waals surface area contributed by atoms with E-state index >= 15 is 0 Å². The zero-order chi connectivity index (χ0) is 15.4. The van der Waals surface area contributed by atoms with Crippen LogP contribution in [0.2, 0.25) is 0 Å². The molecule has 22 heavy (non-hydrogen) atoms. The molecular formula is C18H17NO2S. The number of hydrogen-bond acceptors (Lipinski definition) is 4. The Kier molecular flexibility index (Phi) is 4.42. The van der Waals surface area contributed by atoms with E-state index in [9.17, 15) is 5.11 Å². The van der Waals surface area contributed by atoms with Gasteiger partial charge in [0.05, 0.1) is 6.04 Å². The van der Waals surface area contributed by atoms with Crippen molar-refractivity contribution in [2.75, 3.05) is 0 Å². The standard InChI is InChI=1S/C18H17NO2S/c19-18(14-8-9-22-12-14)16-7-6-15(10-17(16)20)21-11-13-4-2-1-3-5-13/h1-10,12,18,20H,11,19H2/t18-/m0/s1. The molecule has 1 heterocycles. The number of phenolic OH excluding ortho intramolecular Hbond substituents is 1. The van der Waals surface area contributed by atoms with Crippen LogP contribution in [-0.4, -0.2) is 5.11 Å². The molecule has 1 atom stereocenters. The van der Waals surface area contributed by atoms with E-state index in [2.05, 4.69) is 0 Å². The molecule has 0 saturated heterocycles. The molecule has 0 spiro atoms. The molecule has 3 nitrogen and oxygen atoms in total. The highest BCUT2D eigenvalue weighted by atomic mass is 32.1. The highest BCUT2D eigenvalue weighted by Crippen LogP contribution is 2.31. The molecule has 0 aliphatic carbocycles. The zero-order valence-corrected chi connectivity index (χ0v) is 12.8. The molecule has 112 valence electrons. The van der Waals surface area contributed by atoms with Gasteiger partial charge in [0.1, 0.15) is 18.1 Å². The second-order valence-electron chi connectivity index (χ2n) is 5.03. The Balaban J connectivity index is 1.72. The maximum atomic E-state index is 10.2. The van der Waals surface area contributed by atoms with Crippen molar-refractivity contribution in [3.8, 4) is 11.5 Å². The largest absolute Gasteiger partial charge is 0.507 e. The van der Waals surface area contributed by atoms with E-state index in [0.29, 0.717) is 17.9 Å². The topological polar surface area (TPSA) is 55.5 Å². The average Bonchev–Trinajstić information content (AvgIpc) is 3.08. The van der Waals surface area contributed by atoms with Crippen LogP contribution < -0.4 is 10.5 Å². The van der Waals surface area contributed by atoms with Crippen LogP contribution >= 0.6 is 11.3 Å². The van der Waals surface area contributed by atoms with Crippen molar-refractivity contribution in [1.29, 1.82) is 0 Å². The van der Waals surface area contributed by atoms with Gasteiger partial charge in [-0.3, -0.25) is 0 Å². The predicted octanol–water partition coefficient (Wildman–Crippen LogP) is 4.08. The molecule has 1 aromatic heterocycles. The van der Waals surface area contributed by atoms with E-state index < -0.39 is 0 Å². The van der Waals surface area contributed by atoms with Crippen LogP contribution in [0.3, 0.4) is 0 Å². The highest BCUT2D eigenvalue weighted by Gasteiger charge is 2.14. The van der Waals surface area contributed by atoms with Crippen molar-refractivity contribution in [3.05, 3.63) is 82.0 Å². The van der Waals surface area contributed by atoms with Gasteiger partial charge in [-0.25, -0.2) is 0 Å². The van der Waals surface area contributed by atoms with E-state index in [1.54, 1.807) is 17.4 Å². The van der Waals surface area contributed by atoms with Gasteiger partial charge in [0.2, 0.25) is 0 Å². The molecule has 3 aromatic rings. The lowest BCUT2D eigenvalue weighted by molar-refractivity contribution is 0.304. The van der Waals surface area contributed by atoms with Gasteiger partial charge in [-0.2, -0.15) is 11.3 Å². The highest BCUT2D eigenvalue weighted by molar-refractivity contribution is 7.08. The third kappa shape index (κ3) is 3.30. The van der Waals surface area contributed by atoms with Crippen LogP contribution in [0.15, 0.2) is 65.4 Å². The average molecular weight is 311 g/mol. The number of ether oxygens (including phenoxy) is 1. The first-order chi connectivity index (χ1) is 10.7. The molecule has 0 radical (unpaired) electrons. The Morgan fingerprint density at radius 3 is 2.59 bits per heavy atom. The number of nitrogens with two attached hydrogens (primary N) is 1.